The summed E-state index contributed by atoms with van der Waals surface area (Å²) in [7, 11) is 3.67. The zero-order valence-electron chi connectivity index (χ0n) is 16.5. The van der Waals surface area contributed by atoms with Crippen molar-refractivity contribution in [1.29, 1.82) is 0 Å². The van der Waals surface area contributed by atoms with Gasteiger partial charge in [-0.1, -0.05) is 0 Å². The number of fused-ring (bicyclic) bond motifs is 3. The van der Waals surface area contributed by atoms with Crippen LogP contribution in [0.4, 0.5) is 0 Å². The van der Waals surface area contributed by atoms with Crippen molar-refractivity contribution in [1.82, 2.24) is 4.90 Å². The SMILES string of the molecule is COc1c2c(cc3c1C(CC(=O)c1ccc4c(c1)OCCO4)N(C)CC3)OCO2. The van der Waals surface area contributed by atoms with Gasteiger partial charge in [0, 0.05) is 30.1 Å². The molecule has 2 aromatic rings. The smallest absolute Gasteiger partial charge is 0.231 e. The first-order valence-corrected chi connectivity index (χ1v) is 9.78. The number of benzene rings is 2. The zero-order chi connectivity index (χ0) is 20.0. The Balaban J connectivity index is 1.48. The van der Waals surface area contributed by atoms with Gasteiger partial charge < -0.3 is 23.7 Å². The largest absolute Gasteiger partial charge is 0.492 e. The number of rotatable bonds is 4. The number of methoxy groups -OCH3 is 1. The molecule has 2 aromatic carbocycles. The summed E-state index contributed by atoms with van der Waals surface area (Å²) in [5, 5.41) is 0. The fourth-order valence-electron chi connectivity index (χ4n) is 4.29. The van der Waals surface area contributed by atoms with E-state index in [0.717, 1.165) is 24.1 Å². The molecule has 0 saturated carbocycles. The molecule has 0 aromatic heterocycles. The Kier molecular flexibility index (Phi) is 4.47. The van der Waals surface area contributed by atoms with Crippen molar-refractivity contribution in [3.63, 3.8) is 0 Å². The van der Waals surface area contributed by atoms with Gasteiger partial charge in [0.1, 0.15) is 13.2 Å². The van der Waals surface area contributed by atoms with Crippen LogP contribution in [0, 0.1) is 0 Å². The highest BCUT2D eigenvalue weighted by Crippen LogP contribution is 2.50. The lowest BCUT2D eigenvalue weighted by Gasteiger charge is -2.35. The molecule has 3 heterocycles. The Hall–Kier alpha value is -2.93. The van der Waals surface area contributed by atoms with Crippen LogP contribution in [0.3, 0.4) is 0 Å². The first kappa shape index (κ1) is 18.1. The van der Waals surface area contributed by atoms with Gasteiger partial charge in [0.05, 0.1) is 7.11 Å². The summed E-state index contributed by atoms with van der Waals surface area (Å²) >= 11 is 0. The Morgan fingerprint density at radius 3 is 2.76 bits per heavy atom. The second-order valence-corrected chi connectivity index (χ2v) is 7.45. The number of hydrogen-bond acceptors (Lipinski definition) is 7. The first-order valence-electron chi connectivity index (χ1n) is 9.78. The van der Waals surface area contributed by atoms with Gasteiger partial charge in [-0.25, -0.2) is 0 Å². The number of likely N-dealkylation sites (N-methyl/N-ethyl adjacent to an activating group) is 1. The van der Waals surface area contributed by atoms with Gasteiger partial charge in [-0.3, -0.25) is 9.69 Å². The maximum atomic E-state index is 13.2. The van der Waals surface area contributed by atoms with Gasteiger partial charge in [-0.2, -0.15) is 0 Å². The Morgan fingerprint density at radius 2 is 1.93 bits per heavy atom. The molecule has 3 aliphatic heterocycles. The third kappa shape index (κ3) is 3.06. The number of carbonyl (C=O) groups excluding carboxylic acids is 1. The summed E-state index contributed by atoms with van der Waals surface area (Å²) in [6.45, 7) is 2.06. The highest BCUT2D eigenvalue weighted by Gasteiger charge is 2.35. The molecular formula is C22H23NO6. The van der Waals surface area contributed by atoms with Gasteiger partial charge >= 0.3 is 0 Å². The average Bonchev–Trinajstić information content (AvgIpc) is 3.22. The number of ether oxygens (including phenoxy) is 5. The predicted octanol–water partition coefficient (Wildman–Crippen LogP) is 3.00. The molecule has 0 saturated heterocycles. The molecule has 7 nitrogen and oxygen atoms in total. The van der Waals surface area contributed by atoms with Crippen molar-refractivity contribution in [2.45, 2.75) is 18.9 Å². The van der Waals surface area contributed by atoms with E-state index in [1.165, 1.54) is 0 Å². The van der Waals surface area contributed by atoms with E-state index in [2.05, 4.69) is 4.90 Å². The van der Waals surface area contributed by atoms with Crippen LogP contribution in [0.15, 0.2) is 24.3 Å². The van der Waals surface area contributed by atoms with E-state index < -0.39 is 0 Å². The summed E-state index contributed by atoms with van der Waals surface area (Å²) in [6, 6.07) is 7.30. The molecule has 0 fully saturated rings. The van der Waals surface area contributed by atoms with E-state index in [1.54, 1.807) is 25.3 Å². The summed E-state index contributed by atoms with van der Waals surface area (Å²) in [5.74, 6) is 3.36. The molecule has 5 rings (SSSR count). The monoisotopic (exact) mass is 397 g/mol. The lowest BCUT2D eigenvalue weighted by molar-refractivity contribution is 0.0924. The van der Waals surface area contributed by atoms with Crippen molar-refractivity contribution in [3.8, 4) is 28.7 Å². The van der Waals surface area contributed by atoms with Crippen molar-refractivity contribution in [3.05, 3.63) is 41.0 Å². The molecule has 0 spiro atoms. The number of carbonyl (C=O) groups is 1. The van der Waals surface area contributed by atoms with Crippen LogP contribution in [-0.2, 0) is 6.42 Å². The maximum absolute atomic E-state index is 13.2. The van der Waals surface area contributed by atoms with E-state index in [0.29, 0.717) is 53.9 Å². The van der Waals surface area contributed by atoms with Crippen LogP contribution in [-0.4, -0.2) is 51.4 Å². The highest BCUT2D eigenvalue weighted by molar-refractivity contribution is 5.97. The van der Waals surface area contributed by atoms with Gasteiger partial charge in [0.15, 0.2) is 28.8 Å². The number of nitrogens with zero attached hydrogens (tertiary/aromatic N) is 1. The molecule has 1 atom stereocenters. The Labute approximate surface area is 169 Å². The van der Waals surface area contributed by atoms with E-state index in [1.807, 2.05) is 13.1 Å². The minimum atomic E-state index is -0.107. The van der Waals surface area contributed by atoms with Crippen LogP contribution in [0.1, 0.15) is 33.9 Å². The molecule has 0 bridgehead atoms. The zero-order valence-corrected chi connectivity index (χ0v) is 16.5. The number of ketones is 1. The van der Waals surface area contributed by atoms with Crippen molar-refractivity contribution >= 4 is 5.78 Å². The van der Waals surface area contributed by atoms with Crippen LogP contribution >= 0.6 is 0 Å². The molecule has 0 amide bonds. The fraction of sp³-hybridized carbons (Fsp3) is 0.409. The molecule has 0 radical (unpaired) electrons. The summed E-state index contributed by atoms with van der Waals surface area (Å²) < 4.78 is 28.1. The second kappa shape index (κ2) is 7.15. The van der Waals surface area contributed by atoms with E-state index in [4.69, 9.17) is 23.7 Å². The summed E-state index contributed by atoms with van der Waals surface area (Å²) in [5.41, 5.74) is 2.77. The van der Waals surface area contributed by atoms with Gasteiger partial charge in [0.25, 0.3) is 0 Å². The summed E-state index contributed by atoms with van der Waals surface area (Å²) in [6.07, 6.45) is 1.20. The molecule has 3 aliphatic rings. The topological polar surface area (TPSA) is 66.5 Å². The van der Waals surface area contributed by atoms with Gasteiger partial charge in [0.2, 0.25) is 12.5 Å². The van der Waals surface area contributed by atoms with Crippen molar-refractivity contribution < 1.29 is 28.5 Å². The maximum Gasteiger partial charge on any atom is 0.231 e. The fourth-order valence-corrected chi connectivity index (χ4v) is 4.29. The predicted molar refractivity (Wildman–Crippen MR) is 105 cm³/mol. The highest BCUT2D eigenvalue weighted by atomic mass is 16.7. The van der Waals surface area contributed by atoms with Crippen LogP contribution in [0.2, 0.25) is 0 Å². The third-order valence-corrected chi connectivity index (χ3v) is 5.79. The van der Waals surface area contributed by atoms with E-state index >= 15 is 0 Å². The van der Waals surface area contributed by atoms with E-state index in [9.17, 15) is 4.79 Å². The molecule has 152 valence electrons. The lowest BCUT2D eigenvalue weighted by atomic mass is 9.87. The minimum Gasteiger partial charge on any atom is -0.492 e. The van der Waals surface area contributed by atoms with Crippen LogP contribution in [0.5, 0.6) is 28.7 Å². The standard InChI is InChI=1S/C22H23NO6/c1-23-6-5-14-10-19-21(29-12-28-19)22(25-2)20(14)15(23)11-16(24)13-3-4-17-18(9-13)27-8-7-26-17/h3-4,9-10,15H,5-8,11-12H2,1-2H3. The molecule has 1 unspecified atom stereocenters. The number of hydrogen-bond donors (Lipinski definition) is 0. The molecule has 29 heavy (non-hydrogen) atoms. The molecule has 0 aliphatic carbocycles. The Morgan fingerprint density at radius 1 is 1.10 bits per heavy atom. The quantitative estimate of drug-likeness (QED) is 0.735. The average molecular weight is 397 g/mol. The summed E-state index contributed by atoms with van der Waals surface area (Å²) in [4.78, 5) is 15.4. The van der Waals surface area contributed by atoms with Crippen molar-refractivity contribution in [2.24, 2.45) is 0 Å². The first-order chi connectivity index (χ1) is 14.2. The lowest BCUT2D eigenvalue weighted by Crippen LogP contribution is -2.34. The van der Waals surface area contributed by atoms with E-state index in [-0.39, 0.29) is 18.6 Å². The van der Waals surface area contributed by atoms with Crippen LogP contribution in [0.25, 0.3) is 0 Å². The van der Waals surface area contributed by atoms with Gasteiger partial charge in [-0.15, -0.1) is 0 Å². The van der Waals surface area contributed by atoms with Crippen LogP contribution < -0.4 is 23.7 Å². The van der Waals surface area contributed by atoms with Crippen molar-refractivity contribution in [2.75, 3.05) is 40.7 Å². The third-order valence-electron chi connectivity index (χ3n) is 5.79. The molecular weight excluding hydrogens is 374 g/mol. The normalized spacial score (nSPS) is 19.6. The van der Waals surface area contributed by atoms with Gasteiger partial charge in [-0.05, 0) is 43.3 Å². The Bertz CT molecular complexity index is 972. The minimum absolute atomic E-state index is 0.0476. The number of Topliss-reactive ketones (excluding diaryl/α,β-unsaturated/α-hetero) is 1. The molecule has 0 N–H and O–H groups in total. The molecule has 7 heteroatoms. The second-order valence-electron chi connectivity index (χ2n) is 7.45.